The van der Waals surface area contributed by atoms with Crippen molar-refractivity contribution in [2.45, 2.75) is 39.0 Å². The van der Waals surface area contributed by atoms with E-state index >= 15 is 0 Å². The van der Waals surface area contributed by atoms with Crippen LogP contribution in [-0.2, 0) is 14.8 Å². The highest BCUT2D eigenvalue weighted by Gasteiger charge is 2.30. The molecule has 2 unspecified atom stereocenters. The van der Waals surface area contributed by atoms with Crippen LogP contribution in [0.2, 0.25) is 0 Å². The van der Waals surface area contributed by atoms with Crippen molar-refractivity contribution in [2.75, 3.05) is 0 Å². The lowest BCUT2D eigenvalue weighted by Gasteiger charge is -2.16. The maximum absolute atomic E-state index is 11.8. The first kappa shape index (κ1) is 14.7. The lowest BCUT2D eigenvalue weighted by Crippen LogP contribution is -2.38. The third-order valence-electron chi connectivity index (χ3n) is 2.68. The van der Waals surface area contributed by atoms with Crippen LogP contribution < -0.4 is 4.72 Å². The van der Waals surface area contributed by atoms with Gasteiger partial charge in [0.1, 0.15) is 5.76 Å². The van der Waals surface area contributed by atoms with Gasteiger partial charge in [0.25, 0.3) is 0 Å². The molecule has 0 bridgehead atoms. The number of nitrogens with one attached hydrogen (secondary N) is 1. The Morgan fingerprint density at radius 3 is 2.33 bits per heavy atom. The molecule has 8 heteroatoms. The van der Waals surface area contributed by atoms with Gasteiger partial charge in [-0.2, -0.15) is 0 Å². The molecule has 1 rings (SSSR count). The second-order valence-electron chi connectivity index (χ2n) is 4.10. The van der Waals surface area contributed by atoms with E-state index in [0.29, 0.717) is 17.0 Å². The van der Waals surface area contributed by atoms with E-state index in [0.717, 1.165) is 6.92 Å². The Bertz CT molecular complexity index is 529. The van der Waals surface area contributed by atoms with E-state index < -0.39 is 27.3 Å². The van der Waals surface area contributed by atoms with E-state index in [4.69, 9.17) is 9.63 Å². The summed E-state index contributed by atoms with van der Waals surface area (Å²) in [6.45, 7) is 6.08. The van der Waals surface area contributed by atoms with Crippen molar-refractivity contribution in [2.24, 2.45) is 0 Å². The number of hydrogen-bond acceptors (Lipinski definition) is 5. The number of aromatic nitrogens is 1. The van der Waals surface area contributed by atoms with Crippen LogP contribution >= 0.6 is 0 Å². The Kier molecular flexibility index (Phi) is 4.12. The molecule has 18 heavy (non-hydrogen) atoms. The fourth-order valence-corrected chi connectivity index (χ4v) is 2.73. The molecule has 1 aromatic rings. The number of aryl methyl sites for hydroxylation is 2. The van der Waals surface area contributed by atoms with Crippen molar-refractivity contribution in [1.29, 1.82) is 0 Å². The van der Waals surface area contributed by atoms with Crippen LogP contribution in [0.4, 0.5) is 0 Å². The van der Waals surface area contributed by atoms with Gasteiger partial charge in [-0.3, -0.25) is 4.79 Å². The Hall–Kier alpha value is -1.41. The smallest absolute Gasteiger partial charge is 0.323 e. The van der Waals surface area contributed by atoms with Crippen molar-refractivity contribution in [1.82, 2.24) is 9.88 Å². The Morgan fingerprint density at radius 2 is 1.94 bits per heavy atom. The molecule has 2 atom stereocenters. The number of hydrogen-bond donors (Lipinski definition) is 2. The van der Waals surface area contributed by atoms with Gasteiger partial charge in [0, 0.05) is 11.6 Å². The molecule has 0 spiro atoms. The molecule has 1 aromatic heterocycles. The van der Waals surface area contributed by atoms with E-state index in [1.54, 1.807) is 20.8 Å². The van der Waals surface area contributed by atoms with Gasteiger partial charge in [-0.1, -0.05) is 5.16 Å². The summed E-state index contributed by atoms with van der Waals surface area (Å²) in [6.07, 6.45) is 0. The van der Waals surface area contributed by atoms with Crippen LogP contribution in [0, 0.1) is 13.8 Å². The van der Waals surface area contributed by atoms with Gasteiger partial charge in [0.05, 0.1) is 5.69 Å². The summed E-state index contributed by atoms with van der Waals surface area (Å²) in [5.74, 6) is -0.890. The summed E-state index contributed by atoms with van der Waals surface area (Å²) in [6, 6.07) is -0.594. The predicted molar refractivity (Wildman–Crippen MR) is 63.5 cm³/mol. The molecule has 0 aliphatic heterocycles. The second-order valence-corrected chi connectivity index (χ2v) is 6.14. The van der Waals surface area contributed by atoms with Crippen molar-refractivity contribution < 1.29 is 22.8 Å². The molecular weight excluding hydrogens is 260 g/mol. The topological polar surface area (TPSA) is 110 Å². The van der Waals surface area contributed by atoms with Crippen molar-refractivity contribution in [3.63, 3.8) is 0 Å². The number of carbonyl (C=O) groups is 1. The molecule has 7 nitrogen and oxygen atoms in total. The van der Waals surface area contributed by atoms with Gasteiger partial charge in [-0.15, -0.1) is 0 Å². The normalized spacial score (nSPS) is 15.3. The largest absolute Gasteiger partial charge is 0.480 e. The van der Waals surface area contributed by atoms with Gasteiger partial charge < -0.3 is 9.63 Å². The van der Waals surface area contributed by atoms with Gasteiger partial charge in [-0.05, 0) is 27.7 Å². The molecule has 0 aromatic carbocycles. The fraction of sp³-hybridized carbons (Fsp3) is 0.600. The molecule has 0 aliphatic carbocycles. The minimum atomic E-state index is -3.94. The van der Waals surface area contributed by atoms with Crippen molar-refractivity contribution in [3.8, 4) is 0 Å². The molecule has 0 radical (unpaired) electrons. The quantitative estimate of drug-likeness (QED) is 0.821. The molecule has 0 aliphatic rings. The summed E-state index contributed by atoms with van der Waals surface area (Å²) in [4.78, 5) is 10.7. The molecule has 0 saturated heterocycles. The molecule has 0 fully saturated rings. The highest BCUT2D eigenvalue weighted by Crippen LogP contribution is 2.22. The highest BCUT2D eigenvalue weighted by molar-refractivity contribution is 7.90. The zero-order valence-corrected chi connectivity index (χ0v) is 11.4. The maximum atomic E-state index is 11.8. The van der Waals surface area contributed by atoms with Crippen molar-refractivity contribution in [3.05, 3.63) is 17.0 Å². The molecule has 2 N–H and O–H groups in total. The SMILES string of the molecule is Cc1noc(C)c1C(C)NS(=O)(=O)C(C)C(=O)O. The summed E-state index contributed by atoms with van der Waals surface area (Å²) < 4.78 is 30.8. The predicted octanol–water partition coefficient (Wildman–Crippen LogP) is 0.745. The van der Waals surface area contributed by atoms with Crippen LogP contribution in [0.1, 0.15) is 36.9 Å². The van der Waals surface area contributed by atoms with Crippen molar-refractivity contribution >= 4 is 16.0 Å². The lowest BCUT2D eigenvalue weighted by molar-refractivity contribution is -0.136. The molecule has 102 valence electrons. The van der Waals surface area contributed by atoms with Crippen LogP contribution in [0.5, 0.6) is 0 Å². The third-order valence-corrected chi connectivity index (χ3v) is 4.49. The number of rotatable bonds is 5. The summed E-state index contributed by atoms with van der Waals surface area (Å²) in [5, 5.41) is 10.9. The van der Waals surface area contributed by atoms with Gasteiger partial charge >= 0.3 is 5.97 Å². The van der Waals surface area contributed by atoms with Crippen LogP contribution in [-0.4, -0.2) is 29.9 Å². The van der Waals surface area contributed by atoms with E-state index in [2.05, 4.69) is 9.88 Å². The van der Waals surface area contributed by atoms with Gasteiger partial charge in [0.15, 0.2) is 5.25 Å². The van der Waals surface area contributed by atoms with Gasteiger partial charge in [0.2, 0.25) is 10.0 Å². The first-order valence-corrected chi connectivity index (χ1v) is 6.88. The zero-order chi connectivity index (χ0) is 14.1. The van der Waals surface area contributed by atoms with Crippen LogP contribution in [0.25, 0.3) is 0 Å². The van der Waals surface area contributed by atoms with Crippen LogP contribution in [0.3, 0.4) is 0 Å². The van der Waals surface area contributed by atoms with E-state index in [-0.39, 0.29) is 0 Å². The van der Waals surface area contributed by atoms with Crippen LogP contribution in [0.15, 0.2) is 4.52 Å². The number of aliphatic carboxylic acids is 1. The Morgan fingerprint density at radius 1 is 1.39 bits per heavy atom. The first-order chi connectivity index (χ1) is 8.16. The highest BCUT2D eigenvalue weighted by atomic mass is 32.2. The molecule has 1 heterocycles. The number of sulfonamides is 1. The fourth-order valence-electron chi connectivity index (χ4n) is 1.65. The van der Waals surface area contributed by atoms with Gasteiger partial charge in [-0.25, -0.2) is 13.1 Å². The second kappa shape index (κ2) is 5.07. The zero-order valence-electron chi connectivity index (χ0n) is 10.6. The summed E-state index contributed by atoms with van der Waals surface area (Å²) in [5.41, 5.74) is 1.20. The minimum Gasteiger partial charge on any atom is -0.480 e. The van der Waals surface area contributed by atoms with E-state index in [1.165, 1.54) is 0 Å². The first-order valence-electron chi connectivity index (χ1n) is 5.33. The maximum Gasteiger partial charge on any atom is 0.323 e. The average molecular weight is 276 g/mol. The Labute approximate surface area is 105 Å². The lowest BCUT2D eigenvalue weighted by atomic mass is 10.1. The molecule has 0 amide bonds. The number of carboxylic acids is 1. The monoisotopic (exact) mass is 276 g/mol. The third kappa shape index (κ3) is 2.88. The standard InChI is InChI=1S/C10H16N2O5S/c1-5-9(7(3)17-11-5)6(2)12-18(15,16)8(4)10(13)14/h6,8,12H,1-4H3,(H,13,14). The summed E-state index contributed by atoms with van der Waals surface area (Å²) >= 11 is 0. The minimum absolute atomic E-state index is 0.505. The Balaban J connectivity index is 2.96. The number of nitrogens with zero attached hydrogens (tertiary/aromatic N) is 1. The van der Waals surface area contributed by atoms with E-state index in [1.807, 2.05) is 0 Å². The molecule has 0 saturated carbocycles. The van der Waals surface area contributed by atoms with E-state index in [9.17, 15) is 13.2 Å². The summed E-state index contributed by atoms with van der Waals surface area (Å²) in [7, 11) is -3.94. The number of carboxylic acid groups (broad SMARTS) is 1. The molecular formula is C10H16N2O5S. The average Bonchev–Trinajstić information content (AvgIpc) is 2.56.